The van der Waals surface area contributed by atoms with Crippen molar-refractivity contribution in [2.24, 2.45) is 5.92 Å². The number of rotatable bonds is 4. The maximum Gasteiger partial charge on any atom is 0.252 e. The molecule has 2 aromatic heterocycles. The SMILES string of the molecule is O=c1[nH]c2ccccc2cc1CNC[C@H]1CCc2nccn2C1. The number of aryl methyl sites for hydroxylation is 1. The molecule has 0 radical (unpaired) electrons. The van der Waals surface area contributed by atoms with Crippen molar-refractivity contribution in [2.45, 2.75) is 25.9 Å². The molecule has 1 aliphatic rings. The summed E-state index contributed by atoms with van der Waals surface area (Å²) in [5, 5.41) is 4.52. The minimum atomic E-state index is -0.00302. The van der Waals surface area contributed by atoms with Crippen LogP contribution in [0.5, 0.6) is 0 Å². The van der Waals surface area contributed by atoms with Crippen molar-refractivity contribution in [3.8, 4) is 0 Å². The highest BCUT2D eigenvalue weighted by molar-refractivity contribution is 5.78. The van der Waals surface area contributed by atoms with Gasteiger partial charge in [0.1, 0.15) is 5.82 Å². The number of aromatic amines is 1. The maximum absolute atomic E-state index is 12.1. The molecule has 3 heterocycles. The van der Waals surface area contributed by atoms with Crippen molar-refractivity contribution in [3.05, 3.63) is 64.5 Å². The van der Waals surface area contributed by atoms with Gasteiger partial charge in [0.15, 0.2) is 0 Å². The molecule has 1 aliphatic heterocycles. The first kappa shape index (κ1) is 14.2. The Morgan fingerprint density at radius 1 is 1.35 bits per heavy atom. The molecule has 3 aromatic rings. The van der Waals surface area contributed by atoms with Crippen LogP contribution in [0, 0.1) is 5.92 Å². The van der Waals surface area contributed by atoms with Crippen LogP contribution in [0.1, 0.15) is 17.8 Å². The van der Waals surface area contributed by atoms with Gasteiger partial charge in [-0.25, -0.2) is 4.98 Å². The van der Waals surface area contributed by atoms with Gasteiger partial charge in [0.2, 0.25) is 0 Å². The molecule has 0 saturated heterocycles. The normalized spacial score (nSPS) is 17.3. The van der Waals surface area contributed by atoms with E-state index in [1.165, 1.54) is 5.82 Å². The first-order valence-electron chi connectivity index (χ1n) is 8.11. The van der Waals surface area contributed by atoms with Gasteiger partial charge < -0.3 is 14.9 Å². The zero-order valence-electron chi connectivity index (χ0n) is 13.0. The fraction of sp³-hybridized carbons (Fsp3) is 0.333. The number of aromatic nitrogens is 3. The maximum atomic E-state index is 12.1. The molecule has 4 rings (SSSR count). The first-order valence-corrected chi connectivity index (χ1v) is 8.11. The highest BCUT2D eigenvalue weighted by Gasteiger charge is 2.18. The minimum absolute atomic E-state index is 0.00302. The topological polar surface area (TPSA) is 62.7 Å². The van der Waals surface area contributed by atoms with Crippen molar-refractivity contribution in [1.82, 2.24) is 19.9 Å². The van der Waals surface area contributed by atoms with E-state index in [0.717, 1.165) is 42.4 Å². The van der Waals surface area contributed by atoms with E-state index in [0.29, 0.717) is 12.5 Å². The van der Waals surface area contributed by atoms with E-state index in [-0.39, 0.29) is 5.56 Å². The lowest BCUT2D eigenvalue weighted by atomic mass is 9.99. The molecular weight excluding hydrogens is 288 g/mol. The Labute approximate surface area is 134 Å². The smallest absolute Gasteiger partial charge is 0.252 e. The molecule has 118 valence electrons. The lowest BCUT2D eigenvalue weighted by Gasteiger charge is -2.24. The van der Waals surface area contributed by atoms with E-state index in [1.807, 2.05) is 36.5 Å². The third kappa shape index (κ3) is 2.92. The molecule has 1 atom stereocenters. The summed E-state index contributed by atoms with van der Waals surface area (Å²) in [6.45, 7) is 2.54. The Morgan fingerprint density at radius 2 is 2.26 bits per heavy atom. The van der Waals surface area contributed by atoms with Crippen molar-refractivity contribution >= 4 is 10.9 Å². The summed E-state index contributed by atoms with van der Waals surface area (Å²) in [6, 6.07) is 9.86. The average Bonchev–Trinajstić information content (AvgIpc) is 3.03. The predicted octanol–water partition coefficient (Wildman–Crippen LogP) is 2.08. The number of pyridine rings is 1. The fourth-order valence-corrected chi connectivity index (χ4v) is 3.34. The number of para-hydroxylation sites is 1. The van der Waals surface area contributed by atoms with Gasteiger partial charge in [-0.15, -0.1) is 0 Å². The van der Waals surface area contributed by atoms with Gasteiger partial charge in [-0.2, -0.15) is 0 Å². The Bertz CT molecular complexity index is 880. The zero-order valence-corrected chi connectivity index (χ0v) is 13.0. The van der Waals surface area contributed by atoms with Gasteiger partial charge in [0.05, 0.1) is 0 Å². The van der Waals surface area contributed by atoms with Crippen LogP contribution < -0.4 is 10.9 Å². The van der Waals surface area contributed by atoms with Crippen LogP contribution in [0.2, 0.25) is 0 Å². The largest absolute Gasteiger partial charge is 0.335 e. The molecule has 0 spiro atoms. The molecule has 5 heteroatoms. The number of hydrogen-bond donors (Lipinski definition) is 2. The number of benzene rings is 1. The van der Waals surface area contributed by atoms with Gasteiger partial charge >= 0.3 is 0 Å². The van der Waals surface area contributed by atoms with Gasteiger partial charge in [-0.05, 0) is 36.4 Å². The molecule has 23 heavy (non-hydrogen) atoms. The molecule has 0 aliphatic carbocycles. The zero-order chi connectivity index (χ0) is 15.6. The second-order valence-corrected chi connectivity index (χ2v) is 6.24. The third-order valence-electron chi connectivity index (χ3n) is 4.61. The summed E-state index contributed by atoms with van der Waals surface area (Å²) >= 11 is 0. The van der Waals surface area contributed by atoms with E-state index in [4.69, 9.17) is 0 Å². The Balaban J connectivity index is 1.40. The summed E-state index contributed by atoms with van der Waals surface area (Å²) in [7, 11) is 0. The number of hydrogen-bond acceptors (Lipinski definition) is 3. The van der Waals surface area contributed by atoms with Crippen LogP contribution in [0.4, 0.5) is 0 Å². The minimum Gasteiger partial charge on any atom is -0.335 e. The van der Waals surface area contributed by atoms with Crippen molar-refractivity contribution in [1.29, 1.82) is 0 Å². The molecular formula is C18H20N4O. The van der Waals surface area contributed by atoms with E-state index in [2.05, 4.69) is 26.0 Å². The molecule has 0 saturated carbocycles. The second kappa shape index (κ2) is 6.01. The number of imidazole rings is 1. The van der Waals surface area contributed by atoms with Gasteiger partial charge in [0, 0.05) is 43.0 Å². The molecule has 0 fully saturated rings. The first-order chi connectivity index (χ1) is 11.3. The molecule has 0 bridgehead atoms. The highest BCUT2D eigenvalue weighted by atomic mass is 16.1. The summed E-state index contributed by atoms with van der Waals surface area (Å²) in [4.78, 5) is 19.4. The second-order valence-electron chi connectivity index (χ2n) is 6.24. The third-order valence-corrected chi connectivity index (χ3v) is 4.61. The van der Waals surface area contributed by atoms with Gasteiger partial charge in [0.25, 0.3) is 5.56 Å². The van der Waals surface area contributed by atoms with Crippen molar-refractivity contribution in [3.63, 3.8) is 0 Å². The molecule has 1 aromatic carbocycles. The van der Waals surface area contributed by atoms with Crippen molar-refractivity contribution in [2.75, 3.05) is 6.54 Å². The van der Waals surface area contributed by atoms with Crippen LogP contribution in [-0.4, -0.2) is 21.1 Å². The fourth-order valence-electron chi connectivity index (χ4n) is 3.34. The Hall–Kier alpha value is -2.40. The number of H-pyrrole nitrogens is 1. The molecule has 0 unspecified atom stereocenters. The lowest BCUT2D eigenvalue weighted by Crippen LogP contribution is -2.31. The van der Waals surface area contributed by atoms with Crippen LogP contribution in [0.15, 0.2) is 47.5 Å². The van der Waals surface area contributed by atoms with E-state index < -0.39 is 0 Å². The Kier molecular flexibility index (Phi) is 3.71. The molecule has 0 amide bonds. The van der Waals surface area contributed by atoms with E-state index in [1.54, 1.807) is 0 Å². The van der Waals surface area contributed by atoms with Crippen LogP contribution in [0.3, 0.4) is 0 Å². The van der Waals surface area contributed by atoms with Crippen LogP contribution in [0.25, 0.3) is 10.9 Å². The monoisotopic (exact) mass is 308 g/mol. The number of nitrogens with one attached hydrogen (secondary N) is 2. The molecule has 2 N–H and O–H groups in total. The number of nitrogens with zero attached hydrogens (tertiary/aromatic N) is 2. The average molecular weight is 308 g/mol. The van der Waals surface area contributed by atoms with E-state index in [9.17, 15) is 4.79 Å². The molecule has 5 nitrogen and oxygen atoms in total. The quantitative estimate of drug-likeness (QED) is 0.775. The summed E-state index contributed by atoms with van der Waals surface area (Å²) in [5.41, 5.74) is 1.68. The highest BCUT2D eigenvalue weighted by Crippen LogP contribution is 2.18. The van der Waals surface area contributed by atoms with Crippen LogP contribution in [-0.2, 0) is 19.5 Å². The lowest BCUT2D eigenvalue weighted by molar-refractivity contribution is 0.347. The Morgan fingerprint density at radius 3 is 3.22 bits per heavy atom. The standard InChI is InChI=1S/C18H20N4O/c23-18-15(9-14-3-1-2-4-16(14)21-18)11-19-10-13-5-6-17-20-7-8-22(17)12-13/h1-4,7-9,13,19H,5-6,10-12H2,(H,21,23)/t13-/m1/s1. The predicted molar refractivity (Wildman–Crippen MR) is 90.3 cm³/mol. The van der Waals surface area contributed by atoms with Gasteiger partial charge in [-0.3, -0.25) is 4.79 Å². The summed E-state index contributed by atoms with van der Waals surface area (Å²) in [5.74, 6) is 1.78. The van der Waals surface area contributed by atoms with Crippen LogP contribution >= 0.6 is 0 Å². The number of fused-ring (bicyclic) bond motifs is 2. The summed E-state index contributed by atoms with van der Waals surface area (Å²) < 4.78 is 2.23. The summed E-state index contributed by atoms with van der Waals surface area (Å²) in [6.07, 6.45) is 6.11. The van der Waals surface area contributed by atoms with Gasteiger partial charge in [-0.1, -0.05) is 18.2 Å². The van der Waals surface area contributed by atoms with E-state index >= 15 is 0 Å². The van der Waals surface area contributed by atoms with Crippen molar-refractivity contribution < 1.29 is 0 Å².